The smallest absolute Gasteiger partial charge is 0.307 e. The van der Waals surface area contributed by atoms with Crippen LogP contribution in [0.2, 0.25) is 0 Å². The summed E-state index contributed by atoms with van der Waals surface area (Å²) >= 11 is 1.45. The lowest BCUT2D eigenvalue weighted by molar-refractivity contribution is -0.160. The summed E-state index contributed by atoms with van der Waals surface area (Å²) in [6.45, 7) is 8.82. The van der Waals surface area contributed by atoms with Gasteiger partial charge >= 0.3 is 5.97 Å². The molecule has 5 rings (SSSR count). The van der Waals surface area contributed by atoms with E-state index in [1.807, 2.05) is 75.7 Å². The summed E-state index contributed by atoms with van der Waals surface area (Å²) in [5.41, 5.74) is 2.18. The molecule has 1 aromatic heterocycles. The molecule has 2 amide bonds. The van der Waals surface area contributed by atoms with Crippen molar-refractivity contribution >= 4 is 29.1 Å². The molecule has 1 N–H and O–H groups in total. The first-order valence-electron chi connectivity index (χ1n) is 15.2. The lowest BCUT2D eigenvalue weighted by atomic mass is 9.80. The van der Waals surface area contributed by atoms with Gasteiger partial charge in [-0.25, -0.2) is 4.98 Å². The van der Waals surface area contributed by atoms with Crippen LogP contribution in [0.4, 0.5) is 0 Å². The van der Waals surface area contributed by atoms with E-state index in [-0.39, 0.29) is 30.7 Å². The second-order valence-electron chi connectivity index (χ2n) is 12.8. The molecule has 45 heavy (non-hydrogen) atoms. The maximum Gasteiger partial charge on any atom is 0.307 e. The largest absolute Gasteiger partial charge is 0.496 e. The second kappa shape index (κ2) is 13.6. The van der Waals surface area contributed by atoms with Crippen LogP contribution in [0, 0.1) is 5.41 Å². The topological polar surface area (TPSA) is 110 Å². The van der Waals surface area contributed by atoms with Crippen molar-refractivity contribution in [2.45, 2.75) is 52.2 Å². The summed E-state index contributed by atoms with van der Waals surface area (Å²) in [6.07, 6.45) is 0.972. The van der Waals surface area contributed by atoms with Gasteiger partial charge < -0.3 is 24.4 Å². The third-order valence-corrected chi connectivity index (χ3v) is 9.02. The van der Waals surface area contributed by atoms with Crippen molar-refractivity contribution in [3.63, 3.8) is 0 Å². The number of aromatic nitrogens is 1. The first-order valence-corrected chi connectivity index (χ1v) is 16.1. The van der Waals surface area contributed by atoms with Gasteiger partial charge in [0.1, 0.15) is 28.7 Å². The molecule has 11 heteroatoms. The summed E-state index contributed by atoms with van der Waals surface area (Å²) in [5.74, 6) is 0.867. The maximum atomic E-state index is 13.7. The fourth-order valence-corrected chi connectivity index (χ4v) is 6.57. The number of esters is 1. The summed E-state index contributed by atoms with van der Waals surface area (Å²) in [6, 6.07) is 13.6. The Bertz CT molecular complexity index is 1520. The molecule has 0 unspecified atom stereocenters. The van der Waals surface area contributed by atoms with Crippen molar-refractivity contribution in [3.05, 3.63) is 64.0 Å². The van der Waals surface area contributed by atoms with Gasteiger partial charge in [0, 0.05) is 43.7 Å². The van der Waals surface area contributed by atoms with Gasteiger partial charge in [-0.3, -0.25) is 19.3 Å². The van der Waals surface area contributed by atoms with Gasteiger partial charge in [-0.05, 0) is 56.9 Å². The Morgan fingerprint density at radius 1 is 1.09 bits per heavy atom. The maximum absolute atomic E-state index is 13.7. The number of piperazine rings is 1. The number of ether oxygens (including phenoxy) is 3. The van der Waals surface area contributed by atoms with E-state index in [1.165, 1.54) is 11.3 Å². The number of nitrogens with zero attached hydrogens (tertiary/aromatic N) is 3. The normalized spacial score (nSPS) is 16.3. The third-order valence-electron chi connectivity index (χ3n) is 8.17. The predicted molar refractivity (Wildman–Crippen MR) is 172 cm³/mol. The predicted octanol–water partition coefficient (Wildman–Crippen LogP) is 4.10. The lowest BCUT2D eigenvalue weighted by Gasteiger charge is -2.31. The number of hydrogen-bond acceptors (Lipinski definition) is 9. The average molecular weight is 635 g/mol. The molecular weight excluding hydrogens is 592 g/mol. The summed E-state index contributed by atoms with van der Waals surface area (Å²) < 4.78 is 17.2. The molecule has 240 valence electrons. The Morgan fingerprint density at radius 2 is 1.82 bits per heavy atom. The SMILES string of the molecule is COc1cc(OCCN2CCN(C)C(=O)C2)ccc1-c1csc(CNC(=O)C2(CC(=O)OC(C)(C)C)Cc3ccccc3C2)n1. The van der Waals surface area contributed by atoms with Crippen molar-refractivity contribution in [1.82, 2.24) is 20.1 Å². The van der Waals surface area contributed by atoms with Crippen LogP contribution in [0.25, 0.3) is 11.3 Å². The van der Waals surface area contributed by atoms with Crippen LogP contribution >= 0.6 is 11.3 Å². The van der Waals surface area contributed by atoms with Crippen LogP contribution in [0.1, 0.15) is 43.3 Å². The number of likely N-dealkylation sites (N-methyl/N-ethyl adjacent to an activating group) is 1. The van der Waals surface area contributed by atoms with Gasteiger partial charge in [-0.1, -0.05) is 24.3 Å². The highest BCUT2D eigenvalue weighted by molar-refractivity contribution is 7.09. The van der Waals surface area contributed by atoms with Gasteiger partial charge in [0.15, 0.2) is 0 Å². The average Bonchev–Trinajstić information content (AvgIpc) is 3.61. The molecule has 0 radical (unpaired) electrons. The highest BCUT2D eigenvalue weighted by atomic mass is 32.1. The van der Waals surface area contributed by atoms with Crippen molar-refractivity contribution in [1.29, 1.82) is 0 Å². The molecule has 1 saturated heterocycles. The minimum Gasteiger partial charge on any atom is -0.496 e. The monoisotopic (exact) mass is 634 g/mol. The van der Waals surface area contributed by atoms with Gasteiger partial charge in [-0.15, -0.1) is 11.3 Å². The first kappa shape index (κ1) is 32.4. The van der Waals surface area contributed by atoms with E-state index < -0.39 is 11.0 Å². The summed E-state index contributed by atoms with van der Waals surface area (Å²) in [7, 11) is 3.43. The molecule has 1 fully saturated rings. The molecule has 1 aliphatic carbocycles. The Labute approximate surface area is 268 Å². The van der Waals surface area contributed by atoms with Crippen molar-refractivity contribution in [2.24, 2.45) is 5.41 Å². The van der Waals surface area contributed by atoms with Gasteiger partial charge in [0.05, 0.1) is 37.7 Å². The number of rotatable bonds is 11. The van der Waals surface area contributed by atoms with Crippen LogP contribution < -0.4 is 14.8 Å². The quantitative estimate of drug-likeness (QED) is 0.314. The fourth-order valence-electron chi connectivity index (χ4n) is 5.84. The molecule has 0 bridgehead atoms. The molecule has 1 aliphatic heterocycles. The zero-order valence-corrected chi connectivity index (χ0v) is 27.5. The van der Waals surface area contributed by atoms with E-state index in [1.54, 1.807) is 12.0 Å². The third kappa shape index (κ3) is 8.01. The molecule has 3 aromatic rings. The number of carbonyl (C=O) groups excluding carboxylic acids is 3. The Hall–Kier alpha value is -3.96. The van der Waals surface area contributed by atoms with Crippen LogP contribution in [0.15, 0.2) is 47.8 Å². The Morgan fingerprint density at radius 3 is 2.49 bits per heavy atom. The molecule has 2 aromatic carbocycles. The number of amides is 2. The number of nitrogens with one attached hydrogen (secondary N) is 1. The summed E-state index contributed by atoms with van der Waals surface area (Å²) in [5, 5.41) is 5.74. The Balaban J connectivity index is 1.21. The van der Waals surface area contributed by atoms with Gasteiger partial charge in [-0.2, -0.15) is 0 Å². The lowest BCUT2D eigenvalue weighted by Crippen LogP contribution is -2.49. The number of methoxy groups -OCH3 is 1. The van der Waals surface area contributed by atoms with Crippen LogP contribution in [0.5, 0.6) is 11.5 Å². The number of thiazole rings is 1. The van der Waals surface area contributed by atoms with Crippen molar-refractivity contribution < 1.29 is 28.6 Å². The molecule has 10 nitrogen and oxygen atoms in total. The van der Waals surface area contributed by atoms with Crippen molar-refractivity contribution in [3.8, 4) is 22.8 Å². The van der Waals surface area contributed by atoms with Gasteiger partial charge in [0.25, 0.3) is 0 Å². The van der Waals surface area contributed by atoms with Crippen LogP contribution in [-0.2, 0) is 38.5 Å². The van der Waals surface area contributed by atoms with E-state index in [2.05, 4.69) is 10.2 Å². The molecule has 2 heterocycles. The molecule has 2 aliphatic rings. The van der Waals surface area contributed by atoms with Gasteiger partial charge in [0.2, 0.25) is 11.8 Å². The zero-order valence-electron chi connectivity index (χ0n) is 26.7. The number of benzene rings is 2. The minimum absolute atomic E-state index is 0.00696. The van der Waals surface area contributed by atoms with E-state index in [4.69, 9.17) is 19.2 Å². The van der Waals surface area contributed by atoms with E-state index in [0.29, 0.717) is 44.0 Å². The highest BCUT2D eigenvalue weighted by Gasteiger charge is 2.46. The molecule has 0 saturated carbocycles. The molecule has 0 atom stereocenters. The highest BCUT2D eigenvalue weighted by Crippen LogP contribution is 2.41. The van der Waals surface area contributed by atoms with E-state index in [9.17, 15) is 14.4 Å². The first-order chi connectivity index (χ1) is 21.4. The van der Waals surface area contributed by atoms with Crippen molar-refractivity contribution in [2.75, 3.05) is 46.9 Å². The molecular formula is C34H42N4O6S. The molecule has 0 spiro atoms. The number of carbonyl (C=O) groups is 3. The van der Waals surface area contributed by atoms with Crippen LogP contribution in [0.3, 0.4) is 0 Å². The zero-order chi connectivity index (χ0) is 32.2. The van der Waals surface area contributed by atoms with E-state index >= 15 is 0 Å². The fraction of sp³-hybridized carbons (Fsp3) is 0.471. The summed E-state index contributed by atoms with van der Waals surface area (Å²) in [4.78, 5) is 47.2. The number of hydrogen-bond donors (Lipinski definition) is 1. The minimum atomic E-state index is -0.912. The van der Waals surface area contributed by atoms with E-state index in [0.717, 1.165) is 40.5 Å². The van der Waals surface area contributed by atoms with Crippen LogP contribution in [-0.4, -0.2) is 85.1 Å². The Kier molecular flexibility index (Phi) is 9.79. The number of fused-ring (bicyclic) bond motifs is 1. The standard InChI is InChI=1S/C34H42N4O6S/c1-33(2,3)44-31(40)19-34(17-23-8-6-7-9-24(23)18-34)32(41)35-20-29-36-27(22-45-29)26-11-10-25(16-28(26)42-5)43-15-14-38-13-12-37(4)30(39)21-38/h6-11,16,22H,12-15,17-21H2,1-5H3,(H,35,41). The second-order valence-corrected chi connectivity index (χ2v) is 13.7.